The van der Waals surface area contributed by atoms with E-state index >= 15 is 0 Å². The monoisotopic (exact) mass is 319 g/mol. The lowest BCUT2D eigenvalue weighted by Crippen LogP contribution is -2.44. The number of aliphatic carboxylic acids is 1. The Labute approximate surface area is 127 Å². The van der Waals surface area contributed by atoms with Gasteiger partial charge in [0.25, 0.3) is 0 Å². The fourth-order valence-electron chi connectivity index (χ4n) is 1.39. The highest BCUT2D eigenvalue weighted by molar-refractivity contribution is 6.99. The van der Waals surface area contributed by atoms with Gasteiger partial charge in [-0.3, -0.25) is 4.79 Å². The third-order valence-electron chi connectivity index (χ3n) is 2.67. The minimum Gasteiger partial charge on any atom is -0.481 e. The number of carboxylic acids is 1. The van der Waals surface area contributed by atoms with Crippen molar-refractivity contribution in [3.8, 4) is 5.88 Å². The Hall–Kier alpha value is -1.29. The van der Waals surface area contributed by atoms with Crippen molar-refractivity contribution in [2.75, 3.05) is 13.2 Å². The topological polar surface area (TPSA) is 116 Å². The number of aromatic nitrogens is 2. The van der Waals surface area contributed by atoms with Gasteiger partial charge in [0.2, 0.25) is 5.88 Å². The summed E-state index contributed by atoms with van der Waals surface area (Å²) in [4.78, 5) is 10.5. The van der Waals surface area contributed by atoms with Gasteiger partial charge in [-0.25, -0.2) is 0 Å². The second-order valence-electron chi connectivity index (χ2n) is 5.63. The first kappa shape index (κ1) is 17.8. The predicted octanol–water partition coefficient (Wildman–Crippen LogP) is 0.785. The van der Waals surface area contributed by atoms with Crippen LogP contribution in [0.3, 0.4) is 0 Å². The Kier molecular flexibility index (Phi) is 6.46. The van der Waals surface area contributed by atoms with Crippen LogP contribution in [0.1, 0.15) is 32.9 Å². The number of rotatable bonds is 8. The first-order valence-corrected chi connectivity index (χ1v) is 7.23. The number of β-amino-alcohol motifs (C(OH)–C–C–N with tert-alkyl or cyclic N) is 1. The van der Waals surface area contributed by atoms with E-state index in [1.165, 1.54) is 0 Å². The largest absolute Gasteiger partial charge is 0.481 e. The quantitative estimate of drug-likeness (QED) is 0.602. The smallest absolute Gasteiger partial charge is 0.303 e. The van der Waals surface area contributed by atoms with Gasteiger partial charge in [0, 0.05) is 12.0 Å². The van der Waals surface area contributed by atoms with Crippen LogP contribution in [0.25, 0.3) is 0 Å². The maximum absolute atomic E-state index is 10.5. The molecule has 0 aromatic carbocycles. The van der Waals surface area contributed by atoms with Crippen molar-refractivity contribution in [3.63, 3.8) is 0 Å². The van der Waals surface area contributed by atoms with Crippen molar-refractivity contribution in [1.29, 1.82) is 0 Å². The summed E-state index contributed by atoms with van der Waals surface area (Å²) in [5, 5.41) is 29.2. The lowest BCUT2D eigenvalue weighted by Gasteiger charge is -2.30. The van der Waals surface area contributed by atoms with Crippen LogP contribution in [0.2, 0.25) is 0 Å². The predicted molar refractivity (Wildman–Crippen MR) is 75.6 cm³/mol. The Balaban J connectivity index is 2.44. The molecule has 1 aromatic rings. The number of hydroxylamine groups is 2. The second-order valence-corrected chi connectivity index (χ2v) is 6.16. The lowest BCUT2D eigenvalue weighted by atomic mass is 10.1. The van der Waals surface area contributed by atoms with Crippen LogP contribution in [-0.4, -0.2) is 60.0 Å². The molecule has 0 bridgehead atoms. The summed E-state index contributed by atoms with van der Waals surface area (Å²) < 4.78 is 13.2. The minimum absolute atomic E-state index is 0.0333. The maximum atomic E-state index is 10.5. The number of aliphatic hydroxyl groups is 1. The SMILES string of the molecule is CC(C)(C)N(O)CC(O)COc1nsnc1CCC(=O)O. The third kappa shape index (κ3) is 6.34. The van der Waals surface area contributed by atoms with Gasteiger partial charge in [-0.1, -0.05) is 0 Å². The van der Waals surface area contributed by atoms with E-state index in [4.69, 9.17) is 9.84 Å². The Morgan fingerprint density at radius 2 is 2.10 bits per heavy atom. The highest BCUT2D eigenvalue weighted by Gasteiger charge is 2.22. The van der Waals surface area contributed by atoms with Gasteiger partial charge in [-0.15, -0.1) is 4.37 Å². The summed E-state index contributed by atoms with van der Waals surface area (Å²) in [5.74, 6) is -0.685. The summed E-state index contributed by atoms with van der Waals surface area (Å²) >= 11 is 0.928. The average Bonchev–Trinajstić information content (AvgIpc) is 2.80. The van der Waals surface area contributed by atoms with Gasteiger partial charge >= 0.3 is 5.97 Å². The zero-order chi connectivity index (χ0) is 16.0. The standard InChI is InChI=1S/C12H21N3O5S/c1-12(2,3)15(19)6-8(16)7-20-11-9(13-21-14-11)4-5-10(17)18/h8,16,19H,4-7H2,1-3H3,(H,17,18). The fourth-order valence-corrected chi connectivity index (χ4v) is 1.93. The Morgan fingerprint density at radius 3 is 2.67 bits per heavy atom. The van der Waals surface area contributed by atoms with E-state index in [-0.39, 0.29) is 31.9 Å². The zero-order valence-electron chi connectivity index (χ0n) is 12.3. The van der Waals surface area contributed by atoms with Gasteiger partial charge in [0.1, 0.15) is 18.4 Å². The van der Waals surface area contributed by atoms with Crippen molar-refractivity contribution >= 4 is 17.7 Å². The van der Waals surface area contributed by atoms with Crippen LogP contribution < -0.4 is 4.74 Å². The normalized spacial score (nSPS) is 13.4. The van der Waals surface area contributed by atoms with E-state index in [0.29, 0.717) is 5.69 Å². The maximum Gasteiger partial charge on any atom is 0.303 e. The summed E-state index contributed by atoms with van der Waals surface area (Å²) in [6.45, 7) is 5.42. The number of carbonyl (C=O) groups is 1. The summed E-state index contributed by atoms with van der Waals surface area (Å²) in [6, 6.07) is 0. The van der Waals surface area contributed by atoms with Crippen LogP contribution in [0.4, 0.5) is 0 Å². The minimum atomic E-state index is -0.921. The number of ether oxygens (including phenoxy) is 1. The molecule has 3 N–H and O–H groups in total. The molecule has 1 atom stereocenters. The van der Waals surface area contributed by atoms with Crippen molar-refractivity contribution in [1.82, 2.24) is 13.8 Å². The molecule has 0 aliphatic carbocycles. The summed E-state index contributed by atoms with van der Waals surface area (Å²) in [6.07, 6.45) is -0.729. The molecule has 1 unspecified atom stereocenters. The molecule has 21 heavy (non-hydrogen) atoms. The molecule has 1 aromatic heterocycles. The van der Waals surface area contributed by atoms with E-state index in [1.807, 2.05) is 20.8 Å². The van der Waals surface area contributed by atoms with Crippen molar-refractivity contribution in [3.05, 3.63) is 5.69 Å². The Bertz CT molecular complexity index is 460. The molecule has 0 saturated heterocycles. The number of carboxylic acid groups (broad SMARTS) is 1. The van der Waals surface area contributed by atoms with Crippen LogP contribution in [0.5, 0.6) is 5.88 Å². The van der Waals surface area contributed by atoms with E-state index in [2.05, 4.69) is 8.75 Å². The van der Waals surface area contributed by atoms with Gasteiger partial charge in [-0.05, 0) is 20.8 Å². The number of hydrogen-bond donors (Lipinski definition) is 3. The summed E-state index contributed by atoms with van der Waals surface area (Å²) in [5.41, 5.74) is -0.0122. The average molecular weight is 319 g/mol. The molecule has 0 amide bonds. The highest BCUT2D eigenvalue weighted by Crippen LogP contribution is 2.17. The van der Waals surface area contributed by atoms with Gasteiger partial charge in [-0.2, -0.15) is 9.44 Å². The first-order chi connectivity index (χ1) is 9.70. The third-order valence-corrected chi connectivity index (χ3v) is 3.22. The van der Waals surface area contributed by atoms with Gasteiger partial charge in [0.15, 0.2) is 0 Å². The van der Waals surface area contributed by atoms with Crippen LogP contribution in [0.15, 0.2) is 0 Å². The molecule has 1 rings (SSSR count). The lowest BCUT2D eigenvalue weighted by molar-refractivity contribution is -0.174. The Morgan fingerprint density at radius 1 is 1.43 bits per heavy atom. The molecule has 0 fully saturated rings. The van der Waals surface area contributed by atoms with E-state index in [0.717, 1.165) is 16.8 Å². The molecule has 0 radical (unpaired) electrons. The van der Waals surface area contributed by atoms with Gasteiger partial charge < -0.3 is 20.2 Å². The van der Waals surface area contributed by atoms with Crippen LogP contribution in [-0.2, 0) is 11.2 Å². The molecule has 9 heteroatoms. The van der Waals surface area contributed by atoms with E-state index in [9.17, 15) is 15.1 Å². The molecular formula is C12H21N3O5S. The van der Waals surface area contributed by atoms with E-state index in [1.54, 1.807) is 0 Å². The number of nitrogens with zero attached hydrogens (tertiary/aromatic N) is 3. The molecule has 120 valence electrons. The molecule has 0 spiro atoms. The van der Waals surface area contributed by atoms with Crippen LogP contribution in [0, 0.1) is 0 Å². The number of aliphatic hydroxyl groups excluding tert-OH is 1. The van der Waals surface area contributed by atoms with Gasteiger partial charge in [0.05, 0.1) is 24.7 Å². The number of hydrogen-bond acceptors (Lipinski definition) is 8. The second kappa shape index (κ2) is 7.64. The summed E-state index contributed by atoms with van der Waals surface area (Å²) in [7, 11) is 0. The van der Waals surface area contributed by atoms with Crippen molar-refractivity contribution < 1.29 is 25.0 Å². The molecular weight excluding hydrogens is 298 g/mol. The van der Waals surface area contributed by atoms with Crippen molar-refractivity contribution in [2.45, 2.75) is 45.3 Å². The highest BCUT2D eigenvalue weighted by atomic mass is 32.1. The number of aryl methyl sites for hydroxylation is 1. The molecule has 0 aliphatic heterocycles. The van der Waals surface area contributed by atoms with E-state index < -0.39 is 17.6 Å². The van der Waals surface area contributed by atoms with Crippen LogP contribution >= 0.6 is 11.7 Å². The molecule has 1 heterocycles. The van der Waals surface area contributed by atoms with Crippen molar-refractivity contribution in [2.24, 2.45) is 0 Å². The molecule has 8 nitrogen and oxygen atoms in total. The molecule has 0 aliphatic rings. The first-order valence-electron chi connectivity index (χ1n) is 6.50. The zero-order valence-corrected chi connectivity index (χ0v) is 13.1. The molecule has 0 saturated carbocycles. The fraction of sp³-hybridized carbons (Fsp3) is 0.750.